The molecule has 9 N–H and O–H groups in total. The Morgan fingerprint density at radius 3 is 1.97 bits per heavy atom. The molecule has 1 rings (SSSR count). The monoisotopic (exact) mass is 535 g/mol. The van der Waals surface area contributed by atoms with Crippen molar-refractivity contribution in [2.75, 3.05) is 0 Å². The maximum absolute atomic E-state index is 13.2. The van der Waals surface area contributed by atoms with Crippen LogP contribution in [0.2, 0.25) is 0 Å². The molecule has 1 aromatic carbocycles. The molecule has 5 unspecified atom stereocenters. The van der Waals surface area contributed by atoms with Gasteiger partial charge < -0.3 is 37.6 Å². The predicted octanol–water partition coefficient (Wildman–Crippen LogP) is -0.728. The summed E-state index contributed by atoms with van der Waals surface area (Å²) >= 11 is 0. The fraction of sp³-hybridized carbons (Fsp3) is 0.520. The standard InChI is InChI=1S/C25H37N5O8/c1-3-14(2)21(30-22(34)16(26)9-12-20(32)33)24(36)28-17(10-11-19(27)31)23(35)29-18(25(37)38)13-15-7-5-4-6-8-15/h4-8,14,16-18,21H,3,9-13,26H2,1-2H3,(H2,27,31)(H,28,36)(H,29,35)(H,30,34)(H,32,33)(H,37,38). The summed E-state index contributed by atoms with van der Waals surface area (Å²) in [7, 11) is 0. The highest BCUT2D eigenvalue weighted by Crippen LogP contribution is 2.11. The minimum absolute atomic E-state index is 0.0157. The van der Waals surface area contributed by atoms with Gasteiger partial charge in [-0.15, -0.1) is 0 Å². The molecule has 0 aliphatic carbocycles. The second kappa shape index (κ2) is 16.0. The van der Waals surface area contributed by atoms with Crippen LogP contribution in [0, 0.1) is 5.92 Å². The molecule has 13 nitrogen and oxygen atoms in total. The van der Waals surface area contributed by atoms with Crippen molar-refractivity contribution in [2.24, 2.45) is 17.4 Å². The topological polar surface area (TPSA) is 231 Å². The molecule has 1 aromatic rings. The third-order valence-electron chi connectivity index (χ3n) is 6.01. The van der Waals surface area contributed by atoms with Gasteiger partial charge in [0.15, 0.2) is 0 Å². The van der Waals surface area contributed by atoms with Crippen molar-refractivity contribution in [2.45, 2.75) is 76.5 Å². The first-order chi connectivity index (χ1) is 17.8. The molecule has 4 amide bonds. The van der Waals surface area contributed by atoms with E-state index in [1.54, 1.807) is 44.2 Å². The Kier molecular flexibility index (Phi) is 13.5. The Hall–Kier alpha value is -4.00. The lowest BCUT2D eigenvalue weighted by Crippen LogP contribution is -2.58. The summed E-state index contributed by atoms with van der Waals surface area (Å²) in [5.41, 5.74) is 11.6. The first-order valence-electron chi connectivity index (χ1n) is 12.3. The maximum Gasteiger partial charge on any atom is 0.326 e. The molecule has 0 saturated heterocycles. The molecular weight excluding hydrogens is 498 g/mol. The molecule has 0 aliphatic rings. The number of hydrogen-bond donors (Lipinski definition) is 7. The van der Waals surface area contributed by atoms with Crippen LogP contribution < -0.4 is 27.4 Å². The predicted molar refractivity (Wildman–Crippen MR) is 136 cm³/mol. The lowest BCUT2D eigenvalue weighted by molar-refractivity contribution is -0.142. The van der Waals surface area contributed by atoms with Gasteiger partial charge in [-0.2, -0.15) is 0 Å². The smallest absolute Gasteiger partial charge is 0.326 e. The number of carboxylic acids is 2. The molecule has 0 spiro atoms. The minimum Gasteiger partial charge on any atom is -0.481 e. The highest BCUT2D eigenvalue weighted by Gasteiger charge is 2.32. The number of amides is 4. The number of rotatable bonds is 17. The molecule has 0 heterocycles. The molecule has 0 saturated carbocycles. The van der Waals surface area contributed by atoms with E-state index in [1.165, 1.54) is 0 Å². The van der Waals surface area contributed by atoms with Crippen LogP contribution in [-0.4, -0.2) is 69.9 Å². The highest BCUT2D eigenvalue weighted by molar-refractivity contribution is 5.94. The number of benzene rings is 1. The summed E-state index contributed by atoms with van der Waals surface area (Å²) in [6, 6.07) is 3.68. The summed E-state index contributed by atoms with van der Waals surface area (Å²) in [5.74, 6) is -5.88. The van der Waals surface area contributed by atoms with Crippen molar-refractivity contribution in [1.29, 1.82) is 0 Å². The van der Waals surface area contributed by atoms with Gasteiger partial charge in [0.2, 0.25) is 23.6 Å². The quantitative estimate of drug-likeness (QED) is 0.133. The number of carboxylic acid groups (broad SMARTS) is 2. The summed E-state index contributed by atoms with van der Waals surface area (Å²) in [5, 5.41) is 25.8. The van der Waals surface area contributed by atoms with Crippen LogP contribution in [0.15, 0.2) is 30.3 Å². The van der Waals surface area contributed by atoms with Gasteiger partial charge >= 0.3 is 11.9 Å². The van der Waals surface area contributed by atoms with E-state index < -0.39 is 65.7 Å². The zero-order valence-electron chi connectivity index (χ0n) is 21.5. The fourth-order valence-corrected chi connectivity index (χ4v) is 3.51. The number of nitrogens with one attached hydrogen (secondary N) is 3. The van der Waals surface area contributed by atoms with Gasteiger partial charge in [0.05, 0.1) is 6.04 Å². The summed E-state index contributed by atoms with van der Waals surface area (Å²) in [6.45, 7) is 3.46. The second-order valence-corrected chi connectivity index (χ2v) is 9.07. The molecular formula is C25H37N5O8. The Morgan fingerprint density at radius 2 is 1.45 bits per heavy atom. The third-order valence-corrected chi connectivity index (χ3v) is 6.01. The first-order valence-corrected chi connectivity index (χ1v) is 12.3. The zero-order chi connectivity index (χ0) is 28.8. The van der Waals surface area contributed by atoms with Gasteiger partial charge in [-0.05, 0) is 24.3 Å². The largest absolute Gasteiger partial charge is 0.481 e. The Balaban J connectivity index is 3.04. The van der Waals surface area contributed by atoms with Gasteiger partial charge in [-0.1, -0.05) is 50.6 Å². The van der Waals surface area contributed by atoms with Gasteiger partial charge in [0.25, 0.3) is 0 Å². The van der Waals surface area contributed by atoms with Crippen LogP contribution in [0.5, 0.6) is 0 Å². The van der Waals surface area contributed by atoms with Crippen LogP contribution in [0.25, 0.3) is 0 Å². The van der Waals surface area contributed by atoms with E-state index in [0.29, 0.717) is 12.0 Å². The Labute approximate surface area is 220 Å². The zero-order valence-corrected chi connectivity index (χ0v) is 21.5. The Bertz CT molecular complexity index is 987. The Morgan fingerprint density at radius 1 is 0.842 bits per heavy atom. The van der Waals surface area contributed by atoms with Gasteiger partial charge in [0, 0.05) is 19.3 Å². The number of hydrogen-bond acceptors (Lipinski definition) is 7. The first kappa shape index (κ1) is 32.0. The van der Waals surface area contributed by atoms with Crippen molar-refractivity contribution < 1.29 is 39.0 Å². The molecule has 0 aliphatic heterocycles. The van der Waals surface area contributed by atoms with Crippen LogP contribution in [0.4, 0.5) is 0 Å². The average Bonchev–Trinajstić information content (AvgIpc) is 2.87. The number of aliphatic carboxylic acids is 2. The lowest BCUT2D eigenvalue weighted by atomic mass is 9.96. The minimum atomic E-state index is -1.32. The van der Waals surface area contributed by atoms with Gasteiger partial charge in [-0.3, -0.25) is 24.0 Å². The number of carbonyl (C=O) groups excluding carboxylic acids is 4. The molecule has 13 heteroatoms. The molecule has 5 atom stereocenters. The van der Waals surface area contributed by atoms with E-state index >= 15 is 0 Å². The van der Waals surface area contributed by atoms with Crippen molar-refractivity contribution >= 4 is 35.6 Å². The average molecular weight is 536 g/mol. The summed E-state index contributed by atoms with van der Waals surface area (Å²) in [6.07, 6.45) is -0.508. The van der Waals surface area contributed by atoms with E-state index in [4.69, 9.17) is 16.6 Å². The molecule has 0 bridgehead atoms. The highest BCUT2D eigenvalue weighted by atomic mass is 16.4. The molecule has 38 heavy (non-hydrogen) atoms. The van der Waals surface area contributed by atoms with Crippen LogP contribution in [-0.2, 0) is 35.2 Å². The lowest BCUT2D eigenvalue weighted by Gasteiger charge is -2.28. The molecule has 210 valence electrons. The van der Waals surface area contributed by atoms with Gasteiger partial charge in [-0.25, -0.2) is 4.79 Å². The van der Waals surface area contributed by atoms with Crippen molar-refractivity contribution in [3.63, 3.8) is 0 Å². The SMILES string of the molecule is CCC(C)C(NC(=O)C(N)CCC(=O)O)C(=O)NC(CCC(N)=O)C(=O)NC(Cc1ccccc1)C(=O)O. The van der Waals surface area contributed by atoms with Gasteiger partial charge in [0.1, 0.15) is 18.1 Å². The van der Waals surface area contributed by atoms with E-state index in [9.17, 15) is 33.9 Å². The number of carbonyl (C=O) groups is 6. The van der Waals surface area contributed by atoms with Crippen LogP contribution in [0.1, 0.15) is 51.5 Å². The van der Waals surface area contributed by atoms with Crippen LogP contribution >= 0.6 is 0 Å². The van der Waals surface area contributed by atoms with E-state index in [-0.39, 0.29) is 32.1 Å². The maximum atomic E-state index is 13.2. The molecule has 0 radical (unpaired) electrons. The number of nitrogens with two attached hydrogens (primary N) is 2. The summed E-state index contributed by atoms with van der Waals surface area (Å²) in [4.78, 5) is 72.6. The second-order valence-electron chi connectivity index (χ2n) is 9.07. The fourth-order valence-electron chi connectivity index (χ4n) is 3.51. The van der Waals surface area contributed by atoms with E-state index in [0.717, 1.165) is 0 Å². The van der Waals surface area contributed by atoms with E-state index in [1.807, 2.05) is 0 Å². The summed E-state index contributed by atoms with van der Waals surface area (Å²) < 4.78 is 0. The normalized spacial score (nSPS) is 14.7. The third kappa shape index (κ3) is 11.4. The molecule has 0 fully saturated rings. The van der Waals surface area contributed by atoms with Crippen molar-refractivity contribution in [3.05, 3.63) is 35.9 Å². The van der Waals surface area contributed by atoms with Crippen LogP contribution in [0.3, 0.4) is 0 Å². The van der Waals surface area contributed by atoms with E-state index in [2.05, 4.69) is 16.0 Å². The van der Waals surface area contributed by atoms with Crippen molar-refractivity contribution in [1.82, 2.24) is 16.0 Å². The van der Waals surface area contributed by atoms with Crippen molar-refractivity contribution in [3.8, 4) is 0 Å². The molecule has 0 aromatic heterocycles. The number of primary amides is 1.